The molecule has 7 nitrogen and oxygen atoms in total. The molecule has 28 heavy (non-hydrogen) atoms. The molecule has 0 aromatic heterocycles. The highest BCUT2D eigenvalue weighted by Gasteiger charge is 2.53. The van der Waals surface area contributed by atoms with Crippen molar-refractivity contribution in [1.82, 2.24) is 0 Å². The molecule has 0 aliphatic carbocycles. The van der Waals surface area contributed by atoms with E-state index in [4.69, 9.17) is 14.2 Å². The summed E-state index contributed by atoms with van der Waals surface area (Å²) in [7, 11) is 1.55. The number of halogens is 1. The molecule has 0 N–H and O–H groups in total. The highest BCUT2D eigenvalue weighted by molar-refractivity contribution is 9.10. The van der Waals surface area contributed by atoms with E-state index in [-0.39, 0.29) is 17.4 Å². The van der Waals surface area contributed by atoms with Gasteiger partial charge in [-0.3, -0.25) is 14.9 Å². The van der Waals surface area contributed by atoms with E-state index >= 15 is 0 Å². The number of nitro benzene ring substituents is 1. The summed E-state index contributed by atoms with van der Waals surface area (Å²) in [5.74, 6) is -1.92. The van der Waals surface area contributed by atoms with Gasteiger partial charge >= 0.3 is 5.97 Å². The molecular formula is C20H18BrNO6. The molecule has 0 radical (unpaired) electrons. The third-order valence-corrected chi connectivity index (χ3v) is 5.98. The first-order valence-corrected chi connectivity index (χ1v) is 9.59. The third-order valence-electron chi connectivity index (χ3n) is 5.45. The normalized spacial score (nSPS) is 28.8. The van der Waals surface area contributed by atoms with Crippen LogP contribution in [0.15, 0.2) is 46.9 Å². The van der Waals surface area contributed by atoms with Gasteiger partial charge in [0, 0.05) is 41.6 Å². The van der Waals surface area contributed by atoms with Crippen LogP contribution in [0.5, 0.6) is 5.75 Å². The Morgan fingerprint density at radius 1 is 1.25 bits per heavy atom. The minimum atomic E-state index is -0.946. The summed E-state index contributed by atoms with van der Waals surface area (Å²) in [5.41, 5.74) is 1.36. The topological polar surface area (TPSA) is 87.9 Å². The summed E-state index contributed by atoms with van der Waals surface area (Å²) in [6, 6.07) is 11.9. The molecule has 0 bridgehead atoms. The number of carbonyl (C=O) groups excluding carboxylic acids is 1. The van der Waals surface area contributed by atoms with Crippen LogP contribution in [0.2, 0.25) is 0 Å². The molecule has 4 unspecified atom stereocenters. The van der Waals surface area contributed by atoms with Crippen LogP contribution in [0, 0.1) is 16.0 Å². The van der Waals surface area contributed by atoms with Crippen LogP contribution < -0.4 is 4.74 Å². The number of hydrogen-bond donors (Lipinski definition) is 0. The first-order chi connectivity index (χ1) is 13.3. The summed E-state index contributed by atoms with van der Waals surface area (Å²) >= 11 is 3.42. The Labute approximate surface area is 169 Å². The Morgan fingerprint density at radius 3 is 2.61 bits per heavy atom. The van der Waals surface area contributed by atoms with Crippen LogP contribution in [0.1, 0.15) is 36.5 Å². The smallest absolute Gasteiger partial charge is 0.317 e. The van der Waals surface area contributed by atoms with Gasteiger partial charge in [-0.2, -0.15) is 0 Å². The van der Waals surface area contributed by atoms with Crippen molar-refractivity contribution in [2.24, 2.45) is 5.92 Å². The lowest BCUT2D eigenvalue weighted by Gasteiger charge is -2.47. The summed E-state index contributed by atoms with van der Waals surface area (Å²) in [6.07, 6.45) is -0.255. The molecular weight excluding hydrogens is 430 g/mol. The number of rotatable bonds is 3. The van der Waals surface area contributed by atoms with Gasteiger partial charge in [-0.1, -0.05) is 28.1 Å². The molecule has 0 amide bonds. The molecule has 2 aliphatic rings. The number of non-ortho nitro benzene ring substituents is 1. The van der Waals surface area contributed by atoms with Crippen molar-refractivity contribution in [1.29, 1.82) is 0 Å². The lowest BCUT2D eigenvalue weighted by atomic mass is 9.73. The Balaban J connectivity index is 1.84. The highest BCUT2D eigenvalue weighted by Crippen LogP contribution is 2.53. The zero-order valence-electron chi connectivity index (χ0n) is 15.3. The predicted molar refractivity (Wildman–Crippen MR) is 103 cm³/mol. The fraction of sp³-hybridized carbons (Fsp3) is 0.350. The van der Waals surface area contributed by atoms with E-state index in [9.17, 15) is 14.9 Å². The molecule has 146 valence electrons. The fourth-order valence-electron chi connectivity index (χ4n) is 3.98. The van der Waals surface area contributed by atoms with Crippen LogP contribution in [0.3, 0.4) is 0 Å². The number of benzene rings is 2. The lowest BCUT2D eigenvalue weighted by Crippen LogP contribution is -2.49. The summed E-state index contributed by atoms with van der Waals surface area (Å²) in [5, 5.41) is 11.2. The second-order valence-electron chi connectivity index (χ2n) is 7.16. The van der Waals surface area contributed by atoms with Crippen LogP contribution in [0.25, 0.3) is 0 Å². The monoisotopic (exact) mass is 447 g/mol. The quantitative estimate of drug-likeness (QED) is 0.297. The molecule has 0 spiro atoms. The Hall–Kier alpha value is -2.29. The van der Waals surface area contributed by atoms with Gasteiger partial charge in [-0.25, -0.2) is 0 Å². The third kappa shape index (κ3) is 3.21. The minimum Gasteiger partial charge on any atom is -0.426 e. The fourth-order valence-corrected chi connectivity index (χ4v) is 4.24. The van der Waals surface area contributed by atoms with Gasteiger partial charge in [0.25, 0.3) is 5.69 Å². The van der Waals surface area contributed by atoms with Gasteiger partial charge in [0.15, 0.2) is 5.79 Å². The second kappa shape index (κ2) is 6.95. The van der Waals surface area contributed by atoms with Crippen molar-refractivity contribution < 1.29 is 23.9 Å². The average molecular weight is 448 g/mol. The average Bonchev–Trinajstić information content (AvgIpc) is 2.67. The van der Waals surface area contributed by atoms with Crippen LogP contribution in [-0.4, -0.2) is 23.8 Å². The number of ether oxygens (including phenoxy) is 3. The molecule has 2 aromatic carbocycles. The molecule has 2 heterocycles. The van der Waals surface area contributed by atoms with Crippen LogP contribution in [0.4, 0.5) is 5.69 Å². The lowest BCUT2D eigenvalue weighted by molar-refractivity contribution is -0.385. The van der Waals surface area contributed by atoms with Crippen molar-refractivity contribution in [3.8, 4) is 5.75 Å². The molecule has 2 aliphatic heterocycles. The number of carbonyl (C=O) groups is 1. The Bertz CT molecular complexity index is 946. The molecule has 2 aromatic rings. The summed E-state index contributed by atoms with van der Waals surface area (Å²) < 4.78 is 18.2. The van der Waals surface area contributed by atoms with Crippen LogP contribution >= 0.6 is 15.9 Å². The number of esters is 1. The molecule has 4 rings (SSSR count). The predicted octanol–water partition coefficient (Wildman–Crippen LogP) is 4.50. The van der Waals surface area contributed by atoms with E-state index in [1.165, 1.54) is 18.2 Å². The Morgan fingerprint density at radius 2 is 1.96 bits per heavy atom. The second-order valence-corrected chi connectivity index (χ2v) is 8.08. The SMILES string of the molecule is COC1(C)CC(c2ccc(Br)cc2)C2C(=O)Oc3ccc([N+](=O)[O-])cc3C2O1. The Kier molecular flexibility index (Phi) is 4.73. The van der Waals surface area contributed by atoms with Gasteiger partial charge in [0.2, 0.25) is 0 Å². The molecule has 0 saturated carbocycles. The van der Waals surface area contributed by atoms with Crippen molar-refractivity contribution in [3.05, 3.63) is 68.2 Å². The van der Waals surface area contributed by atoms with E-state index in [1.54, 1.807) is 7.11 Å². The van der Waals surface area contributed by atoms with E-state index in [1.807, 2.05) is 31.2 Å². The number of nitrogens with zero attached hydrogens (tertiary/aromatic N) is 1. The minimum absolute atomic E-state index is 0.0797. The van der Waals surface area contributed by atoms with E-state index < -0.39 is 28.7 Å². The molecule has 8 heteroatoms. The first-order valence-electron chi connectivity index (χ1n) is 8.80. The van der Waals surface area contributed by atoms with Gasteiger partial charge in [0.05, 0.1) is 10.8 Å². The van der Waals surface area contributed by atoms with Crippen molar-refractivity contribution in [3.63, 3.8) is 0 Å². The van der Waals surface area contributed by atoms with Crippen molar-refractivity contribution in [2.45, 2.75) is 31.2 Å². The number of fused-ring (bicyclic) bond motifs is 3. The zero-order valence-corrected chi connectivity index (χ0v) is 16.8. The van der Waals surface area contributed by atoms with Crippen LogP contribution in [-0.2, 0) is 14.3 Å². The number of methoxy groups -OCH3 is 1. The van der Waals surface area contributed by atoms with Gasteiger partial charge in [-0.05, 0) is 30.7 Å². The zero-order chi connectivity index (χ0) is 20.1. The number of nitro groups is 1. The molecule has 4 atom stereocenters. The maximum Gasteiger partial charge on any atom is 0.317 e. The first kappa shape index (κ1) is 19.0. The van der Waals surface area contributed by atoms with E-state index in [2.05, 4.69) is 15.9 Å². The molecule has 1 fully saturated rings. The van der Waals surface area contributed by atoms with Gasteiger partial charge in [0.1, 0.15) is 11.9 Å². The standard InChI is InChI=1S/C20H18BrNO6/c1-20(26-2)10-15(11-3-5-12(21)6-4-11)17-18(28-20)14-9-13(22(24)25)7-8-16(14)27-19(17)23/h3-9,15,17-18H,10H2,1-2H3. The summed E-state index contributed by atoms with van der Waals surface area (Å²) in [6.45, 7) is 1.81. The van der Waals surface area contributed by atoms with E-state index in [0.29, 0.717) is 12.0 Å². The van der Waals surface area contributed by atoms with Crippen molar-refractivity contribution in [2.75, 3.05) is 7.11 Å². The maximum atomic E-state index is 12.9. The highest BCUT2D eigenvalue weighted by atomic mass is 79.9. The largest absolute Gasteiger partial charge is 0.426 e. The molecule has 1 saturated heterocycles. The van der Waals surface area contributed by atoms with Gasteiger partial charge in [-0.15, -0.1) is 0 Å². The maximum absolute atomic E-state index is 12.9. The summed E-state index contributed by atoms with van der Waals surface area (Å²) in [4.78, 5) is 23.6. The van der Waals surface area contributed by atoms with Crippen molar-refractivity contribution >= 4 is 27.6 Å². The number of hydrogen-bond acceptors (Lipinski definition) is 6. The van der Waals surface area contributed by atoms with Gasteiger partial charge < -0.3 is 14.2 Å². The van der Waals surface area contributed by atoms with E-state index in [0.717, 1.165) is 10.0 Å².